The highest BCUT2D eigenvalue weighted by atomic mass is 16.6. The predicted octanol–water partition coefficient (Wildman–Crippen LogP) is 0.830. The molecule has 1 aliphatic rings. The van der Waals surface area contributed by atoms with Crippen molar-refractivity contribution in [3.05, 3.63) is 33.9 Å². The summed E-state index contributed by atoms with van der Waals surface area (Å²) in [5.41, 5.74) is 6.73. The standard InChI is InChI=1S/C13H19N5O3/c1-9-8-16(2)5-6-17(9)12-4-3-10(18(20)21)7-11(12)13(14)15-19/h3-4,7,9,19H,5-6,8H2,1-2H3,(H2,14,15). The second kappa shape index (κ2) is 5.96. The fraction of sp³-hybridized carbons (Fsp3) is 0.462. The molecule has 0 aliphatic carbocycles. The quantitative estimate of drug-likeness (QED) is 0.281. The largest absolute Gasteiger partial charge is 0.409 e. The number of likely N-dealkylation sites (N-methyl/N-ethyl adjacent to an activating group) is 1. The Morgan fingerprint density at radius 2 is 2.24 bits per heavy atom. The van der Waals surface area contributed by atoms with Crippen molar-refractivity contribution in [2.75, 3.05) is 31.6 Å². The summed E-state index contributed by atoms with van der Waals surface area (Å²) in [5, 5.41) is 22.8. The Morgan fingerprint density at radius 1 is 1.52 bits per heavy atom. The lowest BCUT2D eigenvalue weighted by molar-refractivity contribution is -0.384. The van der Waals surface area contributed by atoms with Crippen LogP contribution in [-0.2, 0) is 0 Å². The average Bonchev–Trinajstić information content (AvgIpc) is 2.46. The number of hydrogen-bond donors (Lipinski definition) is 2. The molecule has 0 amide bonds. The molecule has 0 spiro atoms. The first-order valence-electron chi connectivity index (χ1n) is 6.65. The first-order valence-corrected chi connectivity index (χ1v) is 6.65. The van der Waals surface area contributed by atoms with Crippen LogP contribution in [0.4, 0.5) is 11.4 Å². The minimum absolute atomic E-state index is 0.0814. The van der Waals surface area contributed by atoms with Gasteiger partial charge in [0.05, 0.1) is 10.5 Å². The number of nitro benzene ring substituents is 1. The topological polar surface area (TPSA) is 108 Å². The van der Waals surface area contributed by atoms with E-state index in [2.05, 4.69) is 21.9 Å². The number of piperazine rings is 1. The van der Waals surface area contributed by atoms with Gasteiger partial charge in [0.15, 0.2) is 5.84 Å². The van der Waals surface area contributed by atoms with Crippen LogP contribution in [0.1, 0.15) is 12.5 Å². The third kappa shape index (κ3) is 3.05. The van der Waals surface area contributed by atoms with Gasteiger partial charge in [-0.2, -0.15) is 0 Å². The van der Waals surface area contributed by atoms with Gasteiger partial charge in [-0.15, -0.1) is 0 Å². The van der Waals surface area contributed by atoms with E-state index in [1.54, 1.807) is 6.07 Å². The summed E-state index contributed by atoms with van der Waals surface area (Å²) in [6.07, 6.45) is 0. The fourth-order valence-electron chi connectivity index (χ4n) is 2.64. The number of oxime groups is 1. The maximum absolute atomic E-state index is 10.9. The Hall–Kier alpha value is -2.35. The van der Waals surface area contributed by atoms with E-state index in [1.807, 2.05) is 7.05 Å². The molecule has 1 aromatic carbocycles. The molecular weight excluding hydrogens is 274 g/mol. The summed E-state index contributed by atoms with van der Waals surface area (Å²) in [5.74, 6) is -0.125. The molecule has 0 bridgehead atoms. The lowest BCUT2D eigenvalue weighted by Gasteiger charge is -2.40. The molecule has 0 radical (unpaired) electrons. The van der Waals surface area contributed by atoms with Gasteiger partial charge in [-0.25, -0.2) is 0 Å². The molecule has 0 aromatic heterocycles. The summed E-state index contributed by atoms with van der Waals surface area (Å²) in [6.45, 7) is 4.62. The van der Waals surface area contributed by atoms with E-state index < -0.39 is 4.92 Å². The number of nitro groups is 1. The molecule has 1 aliphatic heterocycles. The number of nitrogens with two attached hydrogens (primary N) is 1. The van der Waals surface area contributed by atoms with E-state index in [4.69, 9.17) is 10.9 Å². The lowest BCUT2D eigenvalue weighted by Crippen LogP contribution is -2.51. The first-order chi connectivity index (χ1) is 9.93. The van der Waals surface area contributed by atoms with E-state index >= 15 is 0 Å². The Labute approximate surface area is 122 Å². The molecule has 1 fully saturated rings. The third-order valence-electron chi connectivity index (χ3n) is 3.71. The molecule has 8 heteroatoms. The second-order valence-electron chi connectivity index (χ2n) is 5.25. The zero-order chi connectivity index (χ0) is 15.6. The van der Waals surface area contributed by atoms with Crippen molar-refractivity contribution in [3.63, 3.8) is 0 Å². The normalized spacial score (nSPS) is 20.6. The Kier molecular flexibility index (Phi) is 4.27. The Balaban J connectivity index is 2.45. The molecule has 1 aromatic rings. The van der Waals surface area contributed by atoms with Gasteiger partial charge in [0.25, 0.3) is 5.69 Å². The maximum Gasteiger partial charge on any atom is 0.270 e. The summed E-state index contributed by atoms with van der Waals surface area (Å²) in [6, 6.07) is 4.67. The van der Waals surface area contributed by atoms with Crippen molar-refractivity contribution in [2.24, 2.45) is 10.9 Å². The Morgan fingerprint density at radius 3 is 2.81 bits per heavy atom. The van der Waals surface area contributed by atoms with Crippen LogP contribution in [0.5, 0.6) is 0 Å². The first kappa shape index (κ1) is 15.0. The predicted molar refractivity (Wildman–Crippen MR) is 79.9 cm³/mol. The van der Waals surface area contributed by atoms with E-state index in [0.29, 0.717) is 5.56 Å². The lowest BCUT2D eigenvalue weighted by atomic mass is 10.1. The van der Waals surface area contributed by atoms with Crippen LogP contribution in [0.3, 0.4) is 0 Å². The second-order valence-corrected chi connectivity index (χ2v) is 5.25. The number of non-ortho nitro benzene ring substituents is 1. The monoisotopic (exact) mass is 293 g/mol. The van der Waals surface area contributed by atoms with Crippen LogP contribution in [0, 0.1) is 10.1 Å². The van der Waals surface area contributed by atoms with Crippen molar-refractivity contribution in [3.8, 4) is 0 Å². The summed E-state index contributed by atoms with van der Waals surface area (Å²) >= 11 is 0. The van der Waals surface area contributed by atoms with Gasteiger partial charge in [0, 0.05) is 43.5 Å². The number of anilines is 1. The van der Waals surface area contributed by atoms with Crippen molar-refractivity contribution in [1.29, 1.82) is 0 Å². The zero-order valence-electron chi connectivity index (χ0n) is 12.1. The molecular formula is C13H19N5O3. The van der Waals surface area contributed by atoms with Crippen LogP contribution in [0.2, 0.25) is 0 Å². The Bertz CT molecular complexity index is 575. The fourth-order valence-corrected chi connectivity index (χ4v) is 2.64. The summed E-state index contributed by atoms with van der Waals surface area (Å²) in [4.78, 5) is 14.7. The molecule has 0 saturated carbocycles. The molecule has 1 unspecified atom stereocenters. The van der Waals surface area contributed by atoms with Gasteiger partial charge in [0.1, 0.15) is 0 Å². The highest BCUT2D eigenvalue weighted by Crippen LogP contribution is 2.28. The minimum atomic E-state index is -0.495. The number of benzene rings is 1. The molecule has 2 rings (SSSR count). The van der Waals surface area contributed by atoms with E-state index in [-0.39, 0.29) is 17.6 Å². The van der Waals surface area contributed by atoms with Gasteiger partial charge < -0.3 is 20.7 Å². The highest BCUT2D eigenvalue weighted by molar-refractivity contribution is 6.03. The van der Waals surface area contributed by atoms with Gasteiger partial charge in [0.2, 0.25) is 0 Å². The number of amidine groups is 1. The average molecular weight is 293 g/mol. The van der Waals surface area contributed by atoms with Crippen molar-refractivity contribution < 1.29 is 10.1 Å². The van der Waals surface area contributed by atoms with Gasteiger partial charge >= 0.3 is 0 Å². The van der Waals surface area contributed by atoms with E-state index in [9.17, 15) is 10.1 Å². The molecule has 1 saturated heterocycles. The molecule has 1 heterocycles. The van der Waals surface area contributed by atoms with E-state index in [1.165, 1.54) is 12.1 Å². The molecule has 114 valence electrons. The molecule has 8 nitrogen and oxygen atoms in total. The minimum Gasteiger partial charge on any atom is -0.409 e. The number of nitrogens with zero attached hydrogens (tertiary/aromatic N) is 4. The SMILES string of the molecule is CC1CN(C)CCN1c1ccc([N+](=O)[O-])cc1/C(N)=N/O. The van der Waals surface area contributed by atoms with Crippen molar-refractivity contribution in [2.45, 2.75) is 13.0 Å². The van der Waals surface area contributed by atoms with Gasteiger partial charge in [-0.05, 0) is 20.0 Å². The van der Waals surface area contributed by atoms with Gasteiger partial charge in [-0.3, -0.25) is 10.1 Å². The summed E-state index contributed by atoms with van der Waals surface area (Å²) in [7, 11) is 2.05. The van der Waals surface area contributed by atoms with Crippen molar-refractivity contribution >= 4 is 17.2 Å². The number of hydrogen-bond acceptors (Lipinski definition) is 6. The smallest absolute Gasteiger partial charge is 0.270 e. The van der Waals surface area contributed by atoms with Crippen LogP contribution in [-0.4, -0.2) is 53.6 Å². The van der Waals surface area contributed by atoms with Crippen LogP contribution in [0.25, 0.3) is 0 Å². The van der Waals surface area contributed by atoms with Crippen LogP contribution in [0.15, 0.2) is 23.4 Å². The highest BCUT2D eigenvalue weighted by Gasteiger charge is 2.25. The van der Waals surface area contributed by atoms with Gasteiger partial charge in [-0.1, -0.05) is 5.16 Å². The van der Waals surface area contributed by atoms with Crippen molar-refractivity contribution in [1.82, 2.24) is 4.90 Å². The van der Waals surface area contributed by atoms with Crippen LogP contribution < -0.4 is 10.6 Å². The molecule has 3 N–H and O–H groups in total. The zero-order valence-corrected chi connectivity index (χ0v) is 12.1. The summed E-state index contributed by atoms with van der Waals surface area (Å²) < 4.78 is 0. The number of rotatable bonds is 3. The molecule has 21 heavy (non-hydrogen) atoms. The molecule has 1 atom stereocenters. The van der Waals surface area contributed by atoms with Crippen LogP contribution >= 0.6 is 0 Å². The third-order valence-corrected chi connectivity index (χ3v) is 3.71. The van der Waals surface area contributed by atoms with E-state index in [0.717, 1.165) is 25.3 Å². The maximum atomic E-state index is 10.9.